The fourth-order valence-corrected chi connectivity index (χ4v) is 2.47. The van der Waals surface area contributed by atoms with Crippen molar-refractivity contribution in [3.05, 3.63) is 44.5 Å². The van der Waals surface area contributed by atoms with E-state index in [0.717, 1.165) is 0 Å². The third-order valence-corrected chi connectivity index (χ3v) is 3.21. The van der Waals surface area contributed by atoms with E-state index in [-0.39, 0.29) is 16.8 Å². The Labute approximate surface area is 116 Å². The van der Waals surface area contributed by atoms with Crippen molar-refractivity contribution in [1.29, 1.82) is 0 Å². The Hall–Kier alpha value is -2.81. The van der Waals surface area contributed by atoms with Crippen LogP contribution in [0.4, 0.5) is 22.7 Å². The van der Waals surface area contributed by atoms with Crippen LogP contribution in [0.2, 0.25) is 0 Å². The predicted octanol–water partition coefficient (Wildman–Crippen LogP) is 2.78. The Bertz CT molecular complexity index is 744. The van der Waals surface area contributed by atoms with Crippen LogP contribution in [0.3, 0.4) is 0 Å². The summed E-state index contributed by atoms with van der Waals surface area (Å²) >= 11 is 5.01. The fourth-order valence-electron chi connectivity index (χ4n) is 2.25. The molecule has 0 fully saturated rings. The van der Waals surface area contributed by atoms with Crippen LogP contribution in [-0.2, 0) is 0 Å². The number of nitro groups is 2. The second-order valence-corrected chi connectivity index (χ2v) is 4.52. The van der Waals surface area contributed by atoms with E-state index in [0.29, 0.717) is 21.9 Å². The molecule has 0 amide bonds. The normalized spacial score (nSPS) is 12.7. The number of rotatable bonds is 2. The third-order valence-electron chi connectivity index (χ3n) is 3.01. The van der Waals surface area contributed by atoms with Crippen LogP contribution < -0.4 is 10.6 Å². The highest BCUT2D eigenvalue weighted by atomic mass is 32.1. The van der Waals surface area contributed by atoms with E-state index in [1.165, 1.54) is 24.3 Å². The number of hydrogen-bond acceptors (Lipinski definition) is 5. The number of non-ortho nitro benzene ring substituents is 2. The van der Waals surface area contributed by atoms with Crippen LogP contribution in [-0.4, -0.2) is 15.0 Å². The Kier molecular flexibility index (Phi) is 2.51. The number of nitro benzene ring substituents is 2. The maximum atomic E-state index is 11.1. The number of thiocarbonyl (C=S) groups is 1. The molecule has 1 aliphatic heterocycles. The van der Waals surface area contributed by atoms with Gasteiger partial charge in [-0.15, -0.1) is 0 Å². The number of hydrogen-bond donors (Lipinski definition) is 2. The van der Waals surface area contributed by atoms with Gasteiger partial charge >= 0.3 is 0 Å². The fraction of sp³-hybridized carbons (Fsp3) is 0. The number of nitrogens with zero attached hydrogens (tertiary/aromatic N) is 2. The molecule has 1 aliphatic rings. The van der Waals surface area contributed by atoms with E-state index < -0.39 is 9.85 Å². The van der Waals surface area contributed by atoms with E-state index in [9.17, 15) is 20.2 Å². The second-order valence-electron chi connectivity index (χ2n) is 4.11. The molecule has 2 aromatic carbocycles. The summed E-state index contributed by atoms with van der Waals surface area (Å²) in [7, 11) is 0. The van der Waals surface area contributed by atoms with Crippen molar-refractivity contribution in [2.45, 2.75) is 0 Å². The molecule has 0 atom stereocenters. The topological polar surface area (TPSA) is 110 Å². The lowest BCUT2D eigenvalue weighted by Crippen LogP contribution is -2.23. The Morgan fingerprint density at radius 3 is 1.70 bits per heavy atom. The van der Waals surface area contributed by atoms with Gasteiger partial charge in [0.1, 0.15) is 5.39 Å². The maximum Gasteiger partial charge on any atom is 0.284 e. The molecule has 0 bridgehead atoms. The van der Waals surface area contributed by atoms with Crippen LogP contribution in [0.15, 0.2) is 24.3 Å². The van der Waals surface area contributed by atoms with Crippen molar-refractivity contribution in [3.8, 4) is 0 Å². The molecule has 0 saturated heterocycles. The lowest BCUT2D eigenvalue weighted by Gasteiger charge is -2.20. The Balaban J connectivity index is 2.50. The Morgan fingerprint density at radius 2 is 1.30 bits per heavy atom. The average molecular weight is 290 g/mol. The number of nitrogens with one attached hydrogen (secondary N) is 2. The van der Waals surface area contributed by atoms with Gasteiger partial charge in [-0.1, -0.05) is 0 Å². The van der Waals surface area contributed by atoms with Gasteiger partial charge in [-0.05, 0) is 24.4 Å². The monoisotopic (exact) mass is 290 g/mol. The molecule has 0 aromatic heterocycles. The Morgan fingerprint density at radius 1 is 0.850 bits per heavy atom. The molecule has 0 radical (unpaired) electrons. The average Bonchev–Trinajstić information content (AvgIpc) is 2.38. The van der Waals surface area contributed by atoms with Crippen molar-refractivity contribution < 1.29 is 9.85 Å². The summed E-state index contributed by atoms with van der Waals surface area (Å²) in [5.74, 6) is 0. The van der Waals surface area contributed by atoms with Gasteiger partial charge in [0.25, 0.3) is 11.4 Å². The molecule has 1 heterocycles. The lowest BCUT2D eigenvalue weighted by molar-refractivity contribution is -0.390. The van der Waals surface area contributed by atoms with Gasteiger partial charge in [-0.25, -0.2) is 0 Å². The summed E-state index contributed by atoms with van der Waals surface area (Å²) in [6.45, 7) is 0. The molecule has 0 saturated carbocycles. The molecule has 0 spiro atoms. The first kappa shape index (κ1) is 12.2. The van der Waals surface area contributed by atoms with Crippen LogP contribution in [0.25, 0.3) is 10.8 Å². The van der Waals surface area contributed by atoms with E-state index in [1.807, 2.05) is 0 Å². The van der Waals surface area contributed by atoms with Gasteiger partial charge in [-0.3, -0.25) is 20.2 Å². The molecule has 9 heteroatoms. The van der Waals surface area contributed by atoms with Crippen molar-refractivity contribution in [2.75, 3.05) is 10.6 Å². The zero-order chi connectivity index (χ0) is 14.4. The first-order valence-electron chi connectivity index (χ1n) is 5.45. The van der Waals surface area contributed by atoms with Crippen LogP contribution in [0.5, 0.6) is 0 Å². The van der Waals surface area contributed by atoms with Gasteiger partial charge in [0.2, 0.25) is 0 Å². The molecule has 2 aromatic rings. The summed E-state index contributed by atoms with van der Waals surface area (Å²) in [4.78, 5) is 20.9. The van der Waals surface area contributed by atoms with Gasteiger partial charge in [0, 0.05) is 17.5 Å². The second kappa shape index (κ2) is 4.10. The van der Waals surface area contributed by atoms with Crippen molar-refractivity contribution in [2.24, 2.45) is 0 Å². The summed E-state index contributed by atoms with van der Waals surface area (Å²) in [6, 6.07) is 5.44. The number of benzene rings is 2. The van der Waals surface area contributed by atoms with Crippen LogP contribution in [0.1, 0.15) is 0 Å². The van der Waals surface area contributed by atoms with Crippen LogP contribution in [0, 0.1) is 20.2 Å². The molecule has 8 nitrogen and oxygen atoms in total. The zero-order valence-corrected chi connectivity index (χ0v) is 10.6. The minimum absolute atomic E-state index is 0.0162. The first-order valence-corrected chi connectivity index (χ1v) is 5.86. The lowest BCUT2D eigenvalue weighted by atomic mass is 10.0. The quantitative estimate of drug-likeness (QED) is 0.497. The predicted molar refractivity (Wildman–Crippen MR) is 77.1 cm³/mol. The molecular weight excluding hydrogens is 284 g/mol. The molecule has 0 aliphatic carbocycles. The molecule has 3 rings (SSSR count). The van der Waals surface area contributed by atoms with Gasteiger partial charge in [-0.2, -0.15) is 0 Å². The van der Waals surface area contributed by atoms with Gasteiger partial charge < -0.3 is 10.6 Å². The first-order chi connectivity index (χ1) is 9.49. The van der Waals surface area contributed by atoms with Gasteiger partial charge in [0.05, 0.1) is 21.2 Å². The molecule has 0 unspecified atom stereocenters. The molecule has 20 heavy (non-hydrogen) atoms. The SMILES string of the molecule is O=[N+]([O-])c1ccc2c3c(ccc([N+](=O)[O-])c13)NC(=S)N2. The molecule has 100 valence electrons. The third kappa shape index (κ3) is 1.64. The molecular formula is C11H6N4O4S. The highest BCUT2D eigenvalue weighted by molar-refractivity contribution is 7.80. The highest BCUT2D eigenvalue weighted by Crippen LogP contribution is 2.43. The van der Waals surface area contributed by atoms with E-state index in [1.54, 1.807) is 0 Å². The zero-order valence-electron chi connectivity index (χ0n) is 9.75. The highest BCUT2D eigenvalue weighted by Gasteiger charge is 2.28. The van der Waals surface area contributed by atoms with Crippen molar-refractivity contribution in [1.82, 2.24) is 0 Å². The van der Waals surface area contributed by atoms with E-state index in [2.05, 4.69) is 10.6 Å². The maximum absolute atomic E-state index is 11.1. The minimum Gasteiger partial charge on any atom is -0.332 e. The smallest absolute Gasteiger partial charge is 0.284 e. The summed E-state index contributed by atoms with van der Waals surface area (Å²) in [6.07, 6.45) is 0. The van der Waals surface area contributed by atoms with E-state index >= 15 is 0 Å². The minimum atomic E-state index is -0.636. The van der Waals surface area contributed by atoms with Gasteiger partial charge in [0.15, 0.2) is 5.11 Å². The summed E-state index contributed by atoms with van der Waals surface area (Å²) in [5, 5.41) is 28.6. The molecule has 2 N–H and O–H groups in total. The summed E-state index contributed by atoms with van der Waals surface area (Å²) < 4.78 is 0. The summed E-state index contributed by atoms with van der Waals surface area (Å²) in [5.41, 5.74) is 0.392. The van der Waals surface area contributed by atoms with E-state index in [4.69, 9.17) is 12.2 Å². The largest absolute Gasteiger partial charge is 0.332 e. The van der Waals surface area contributed by atoms with Crippen LogP contribution >= 0.6 is 12.2 Å². The standard InChI is InChI=1S/C11H6N4O4S/c16-14(17)7-3-1-5-9-6(13-11(20)12-5)2-4-8(10(7)9)15(18)19/h1-4H,(H2,12,13,20). The number of anilines is 2. The van der Waals surface area contributed by atoms with Crippen molar-refractivity contribution in [3.63, 3.8) is 0 Å². The van der Waals surface area contributed by atoms with Crippen molar-refractivity contribution >= 4 is 50.9 Å².